The van der Waals surface area contributed by atoms with Crippen LogP contribution in [0.1, 0.15) is 20.3 Å². The summed E-state index contributed by atoms with van der Waals surface area (Å²) in [5.74, 6) is 0. The second kappa shape index (κ2) is 6.42. The monoisotopic (exact) mass is 274 g/mol. The Morgan fingerprint density at radius 1 is 1.25 bits per heavy atom. The first-order valence-electron chi connectivity index (χ1n) is 7.42. The molecule has 0 aromatic heterocycles. The van der Waals surface area contributed by atoms with Gasteiger partial charge in [0.25, 0.3) is 0 Å². The summed E-state index contributed by atoms with van der Waals surface area (Å²) in [5.41, 5.74) is 0.592. The largest absolute Gasteiger partial charge is 0.388 e. The Bertz CT molecular complexity index is 422. The van der Waals surface area contributed by atoms with E-state index in [4.69, 9.17) is 0 Å². The van der Waals surface area contributed by atoms with Gasteiger partial charge in [0.05, 0.1) is 5.60 Å². The number of rotatable bonds is 5. The molecule has 1 N–H and O–H groups in total. The maximum Gasteiger partial charge on any atom is 0.0805 e. The number of nitrogens with zero attached hydrogens (tertiary/aromatic N) is 2. The van der Waals surface area contributed by atoms with Crippen molar-refractivity contribution in [1.29, 1.82) is 0 Å². The molecule has 1 heterocycles. The highest BCUT2D eigenvalue weighted by molar-refractivity contribution is 5.46. The van der Waals surface area contributed by atoms with Crippen LogP contribution >= 0.6 is 0 Å². The molecule has 1 aromatic rings. The minimum atomic E-state index is -0.698. The summed E-state index contributed by atoms with van der Waals surface area (Å²) in [4.78, 5) is 4.79. The second-order valence-corrected chi connectivity index (χ2v) is 5.88. The average molecular weight is 274 g/mol. The highest BCUT2D eigenvalue weighted by atomic mass is 16.3. The third-order valence-electron chi connectivity index (χ3n) is 4.44. The number of hydrogen-bond acceptors (Lipinski definition) is 3. The molecule has 0 radical (unpaired) electrons. The minimum Gasteiger partial charge on any atom is -0.388 e. The van der Waals surface area contributed by atoms with Gasteiger partial charge in [0.2, 0.25) is 0 Å². The van der Waals surface area contributed by atoms with Gasteiger partial charge >= 0.3 is 0 Å². The summed E-state index contributed by atoms with van der Waals surface area (Å²) < 4.78 is 0. The van der Waals surface area contributed by atoms with E-state index >= 15 is 0 Å². The van der Waals surface area contributed by atoms with Gasteiger partial charge in [-0.15, -0.1) is 6.58 Å². The van der Waals surface area contributed by atoms with Crippen molar-refractivity contribution in [3.8, 4) is 0 Å². The first-order valence-corrected chi connectivity index (χ1v) is 7.42. The SMILES string of the molecule is C=CC[C@](C)(O)[C@@H](C)N1CCN(c2ccccc2)CC1. The summed E-state index contributed by atoms with van der Waals surface area (Å²) >= 11 is 0. The molecular formula is C17H26N2O. The molecule has 0 bridgehead atoms. The van der Waals surface area contributed by atoms with Crippen LogP contribution in [-0.4, -0.2) is 47.8 Å². The quantitative estimate of drug-likeness (QED) is 0.836. The Hall–Kier alpha value is -1.32. The number of hydrogen-bond donors (Lipinski definition) is 1. The van der Waals surface area contributed by atoms with Gasteiger partial charge in [0, 0.05) is 37.9 Å². The van der Waals surface area contributed by atoms with Gasteiger partial charge in [-0.05, 0) is 32.4 Å². The zero-order valence-electron chi connectivity index (χ0n) is 12.6. The van der Waals surface area contributed by atoms with Crippen LogP contribution < -0.4 is 4.90 Å². The highest BCUT2D eigenvalue weighted by Crippen LogP contribution is 2.23. The van der Waals surface area contributed by atoms with Crippen molar-refractivity contribution in [2.75, 3.05) is 31.1 Å². The molecule has 3 heteroatoms. The Morgan fingerprint density at radius 3 is 2.40 bits per heavy atom. The van der Waals surface area contributed by atoms with E-state index in [9.17, 15) is 5.11 Å². The van der Waals surface area contributed by atoms with E-state index in [0.717, 1.165) is 26.2 Å². The number of anilines is 1. The van der Waals surface area contributed by atoms with Gasteiger partial charge in [0.15, 0.2) is 0 Å². The zero-order chi connectivity index (χ0) is 14.6. The maximum absolute atomic E-state index is 10.5. The Kier molecular flexibility index (Phi) is 4.84. The molecule has 0 unspecified atom stereocenters. The normalized spacial score (nSPS) is 21.2. The molecule has 1 saturated heterocycles. The molecule has 3 nitrogen and oxygen atoms in total. The lowest BCUT2D eigenvalue weighted by atomic mass is 9.92. The third kappa shape index (κ3) is 3.41. The number of piperazine rings is 1. The highest BCUT2D eigenvalue weighted by Gasteiger charge is 2.33. The van der Waals surface area contributed by atoms with Crippen LogP contribution in [-0.2, 0) is 0 Å². The smallest absolute Gasteiger partial charge is 0.0805 e. The third-order valence-corrected chi connectivity index (χ3v) is 4.44. The van der Waals surface area contributed by atoms with Crippen LogP contribution in [0.25, 0.3) is 0 Å². The molecule has 1 aromatic carbocycles. The molecule has 1 aliphatic rings. The molecule has 0 saturated carbocycles. The first kappa shape index (κ1) is 15.1. The predicted molar refractivity (Wildman–Crippen MR) is 85.1 cm³/mol. The fourth-order valence-corrected chi connectivity index (χ4v) is 2.86. The van der Waals surface area contributed by atoms with Crippen LogP contribution in [0.5, 0.6) is 0 Å². The Morgan fingerprint density at radius 2 is 1.85 bits per heavy atom. The van der Waals surface area contributed by atoms with Crippen molar-refractivity contribution < 1.29 is 5.11 Å². The molecule has 0 amide bonds. The average Bonchev–Trinajstić information content (AvgIpc) is 2.47. The van der Waals surface area contributed by atoms with Gasteiger partial charge in [0.1, 0.15) is 0 Å². The van der Waals surface area contributed by atoms with E-state index in [-0.39, 0.29) is 6.04 Å². The van der Waals surface area contributed by atoms with Crippen LogP contribution in [0.4, 0.5) is 5.69 Å². The first-order chi connectivity index (χ1) is 9.54. The Balaban J connectivity index is 1.93. The summed E-state index contributed by atoms with van der Waals surface area (Å²) in [7, 11) is 0. The molecule has 2 atom stereocenters. The van der Waals surface area contributed by atoms with Crippen LogP contribution in [0.2, 0.25) is 0 Å². The summed E-state index contributed by atoms with van der Waals surface area (Å²) in [6.07, 6.45) is 2.43. The lowest BCUT2D eigenvalue weighted by molar-refractivity contribution is -0.0257. The molecular weight excluding hydrogens is 248 g/mol. The topological polar surface area (TPSA) is 26.7 Å². The van der Waals surface area contributed by atoms with Gasteiger partial charge in [-0.3, -0.25) is 4.90 Å². The summed E-state index contributed by atoms with van der Waals surface area (Å²) in [6, 6.07) is 10.7. The summed E-state index contributed by atoms with van der Waals surface area (Å²) in [5, 5.41) is 10.5. The van der Waals surface area contributed by atoms with Crippen molar-refractivity contribution in [2.45, 2.75) is 31.9 Å². The van der Waals surface area contributed by atoms with Crippen molar-refractivity contribution in [2.24, 2.45) is 0 Å². The van der Waals surface area contributed by atoms with Crippen LogP contribution in [0, 0.1) is 0 Å². The molecule has 110 valence electrons. The standard InChI is InChI=1S/C17H26N2O/c1-4-10-17(3,20)15(2)18-11-13-19(14-12-18)16-8-6-5-7-9-16/h4-9,15,20H,1,10-14H2,2-3H3/t15-,17+/m1/s1. The van der Waals surface area contributed by atoms with Crippen LogP contribution in [0.15, 0.2) is 43.0 Å². The summed E-state index contributed by atoms with van der Waals surface area (Å²) in [6.45, 7) is 11.8. The van der Waals surface area contributed by atoms with E-state index in [1.165, 1.54) is 5.69 Å². The van der Waals surface area contributed by atoms with Crippen LogP contribution in [0.3, 0.4) is 0 Å². The number of aliphatic hydroxyl groups is 1. The molecule has 1 aliphatic heterocycles. The van der Waals surface area contributed by atoms with Crippen molar-refractivity contribution in [3.05, 3.63) is 43.0 Å². The van der Waals surface area contributed by atoms with Crippen molar-refractivity contribution >= 4 is 5.69 Å². The van der Waals surface area contributed by atoms with E-state index in [1.54, 1.807) is 6.08 Å². The molecule has 1 fully saturated rings. The minimum absolute atomic E-state index is 0.151. The fraction of sp³-hybridized carbons (Fsp3) is 0.529. The number of benzene rings is 1. The van der Waals surface area contributed by atoms with E-state index < -0.39 is 5.60 Å². The molecule has 0 aliphatic carbocycles. The molecule has 2 rings (SSSR count). The van der Waals surface area contributed by atoms with E-state index in [1.807, 2.05) is 13.0 Å². The van der Waals surface area contributed by atoms with Crippen molar-refractivity contribution in [3.63, 3.8) is 0 Å². The predicted octanol–water partition coefficient (Wildman–Crippen LogP) is 2.52. The maximum atomic E-state index is 10.5. The molecule has 0 spiro atoms. The fourth-order valence-electron chi connectivity index (χ4n) is 2.86. The zero-order valence-corrected chi connectivity index (χ0v) is 12.6. The van der Waals surface area contributed by atoms with E-state index in [2.05, 4.69) is 47.6 Å². The lowest BCUT2D eigenvalue weighted by Gasteiger charge is -2.43. The lowest BCUT2D eigenvalue weighted by Crippen LogP contribution is -2.56. The molecule has 20 heavy (non-hydrogen) atoms. The number of para-hydroxylation sites is 1. The Labute approximate surface area is 122 Å². The van der Waals surface area contributed by atoms with E-state index in [0.29, 0.717) is 6.42 Å². The van der Waals surface area contributed by atoms with Gasteiger partial charge in [-0.1, -0.05) is 24.3 Å². The van der Waals surface area contributed by atoms with Gasteiger partial charge in [-0.2, -0.15) is 0 Å². The van der Waals surface area contributed by atoms with Gasteiger partial charge in [-0.25, -0.2) is 0 Å². The van der Waals surface area contributed by atoms with Crippen molar-refractivity contribution in [1.82, 2.24) is 4.90 Å². The van der Waals surface area contributed by atoms with Gasteiger partial charge < -0.3 is 10.0 Å². The second-order valence-electron chi connectivity index (χ2n) is 5.88.